The molecule has 0 heterocycles. The Kier molecular flexibility index (Phi) is 6.99. The van der Waals surface area contributed by atoms with Crippen LogP contribution in [0, 0.1) is 0 Å². The van der Waals surface area contributed by atoms with E-state index in [1.165, 1.54) is 0 Å². The van der Waals surface area contributed by atoms with Gasteiger partial charge in [-0.2, -0.15) is 0 Å². The summed E-state index contributed by atoms with van der Waals surface area (Å²) in [6.45, 7) is 6.32. The van der Waals surface area contributed by atoms with E-state index in [9.17, 15) is 9.79 Å². The van der Waals surface area contributed by atoms with Crippen LogP contribution in [-0.4, -0.2) is 28.3 Å². The average Bonchev–Trinajstić information content (AvgIpc) is 2.22. The summed E-state index contributed by atoms with van der Waals surface area (Å²) in [6.07, 6.45) is 7.99. The van der Waals surface area contributed by atoms with Gasteiger partial charge in [-0.25, -0.2) is 0 Å². The van der Waals surface area contributed by atoms with Crippen molar-refractivity contribution in [1.29, 1.82) is 0 Å². The predicted octanol–water partition coefficient (Wildman–Crippen LogP) is 3.75. The van der Waals surface area contributed by atoms with Gasteiger partial charge >= 0.3 is 94.6 Å². The third kappa shape index (κ3) is 6.50. The van der Waals surface area contributed by atoms with Gasteiger partial charge < -0.3 is 0 Å². The molecule has 0 saturated heterocycles. The van der Waals surface area contributed by atoms with Gasteiger partial charge in [-0.15, -0.1) is 0 Å². The first-order chi connectivity index (χ1) is 6.96. The molecule has 2 nitrogen and oxygen atoms in total. The Morgan fingerprint density at radius 1 is 0.667 bits per heavy atom. The molecule has 0 saturated carbocycles. The van der Waals surface area contributed by atoms with Crippen LogP contribution in [0.25, 0.3) is 0 Å². The molecule has 3 heteroatoms. The average molecular weight is 236 g/mol. The van der Waals surface area contributed by atoms with Gasteiger partial charge in [0.05, 0.1) is 0 Å². The van der Waals surface area contributed by atoms with E-state index < -0.39 is 7.06 Å². The van der Waals surface area contributed by atoms with Crippen molar-refractivity contribution in [1.82, 2.24) is 0 Å². The molecule has 0 aliphatic heterocycles. The molecule has 0 aromatic carbocycles. The van der Waals surface area contributed by atoms with Crippen molar-refractivity contribution >= 4 is 7.06 Å². The summed E-state index contributed by atoms with van der Waals surface area (Å²) < 4.78 is 0. The van der Waals surface area contributed by atoms with Gasteiger partial charge in [0, 0.05) is 0 Å². The molecule has 0 rings (SSSR count). The molecular formula is C12H29O2P. The molecule has 2 N–H and O–H groups in total. The summed E-state index contributed by atoms with van der Waals surface area (Å²) in [6, 6.07) is 0. The number of unbranched alkanes of at least 4 members (excludes halogenated alkanes) is 3. The summed E-state index contributed by atoms with van der Waals surface area (Å²) >= 11 is 0. The van der Waals surface area contributed by atoms with Crippen LogP contribution >= 0.6 is 7.06 Å². The molecule has 0 aliphatic carbocycles. The van der Waals surface area contributed by atoms with Gasteiger partial charge in [-0.1, -0.05) is 0 Å². The topological polar surface area (TPSA) is 40.5 Å². The third-order valence-electron chi connectivity index (χ3n) is 3.08. The number of hydrogen-bond acceptors (Lipinski definition) is 2. The minimum absolute atomic E-state index is 0.655. The van der Waals surface area contributed by atoms with Crippen molar-refractivity contribution in [3.63, 3.8) is 0 Å². The molecule has 0 aromatic rings. The van der Waals surface area contributed by atoms with Crippen molar-refractivity contribution in [3.05, 3.63) is 0 Å². The molecule has 0 aromatic heterocycles. The van der Waals surface area contributed by atoms with Crippen molar-refractivity contribution in [2.45, 2.75) is 59.3 Å². The van der Waals surface area contributed by atoms with E-state index in [4.69, 9.17) is 0 Å². The molecular weight excluding hydrogens is 207 g/mol. The van der Waals surface area contributed by atoms with Crippen LogP contribution < -0.4 is 0 Å². The summed E-state index contributed by atoms with van der Waals surface area (Å²) in [7, 11) is -3.28. The second kappa shape index (κ2) is 6.83. The Morgan fingerprint density at radius 3 is 1.13 bits per heavy atom. The van der Waals surface area contributed by atoms with Crippen LogP contribution in [0.2, 0.25) is 0 Å². The predicted molar refractivity (Wildman–Crippen MR) is 70.7 cm³/mol. The first-order valence-electron chi connectivity index (χ1n) is 6.47. The van der Waals surface area contributed by atoms with Crippen LogP contribution in [0.1, 0.15) is 59.3 Å². The summed E-state index contributed by atoms with van der Waals surface area (Å²) in [5.74, 6) is 0. The van der Waals surface area contributed by atoms with Crippen LogP contribution in [0.5, 0.6) is 0 Å². The van der Waals surface area contributed by atoms with Gasteiger partial charge in [0.15, 0.2) is 0 Å². The molecule has 0 bridgehead atoms. The van der Waals surface area contributed by atoms with E-state index in [1.807, 2.05) is 0 Å². The molecule has 0 amide bonds. The Balaban J connectivity index is 4.33. The quantitative estimate of drug-likeness (QED) is 0.598. The molecule has 0 atom stereocenters. The second-order valence-corrected chi connectivity index (χ2v) is 9.40. The molecule has 0 aliphatic rings. The maximum absolute atomic E-state index is 10.6. The van der Waals surface area contributed by atoms with Crippen molar-refractivity contribution in [3.8, 4) is 0 Å². The van der Waals surface area contributed by atoms with Crippen LogP contribution in [0.15, 0.2) is 0 Å². The van der Waals surface area contributed by atoms with Crippen molar-refractivity contribution in [2.75, 3.05) is 18.5 Å². The van der Waals surface area contributed by atoms with Crippen LogP contribution in [0.3, 0.4) is 0 Å². The summed E-state index contributed by atoms with van der Waals surface area (Å²) in [5, 5.41) is 0. The molecule has 94 valence electrons. The van der Waals surface area contributed by atoms with E-state index >= 15 is 0 Å². The van der Waals surface area contributed by atoms with Gasteiger partial charge in [0.2, 0.25) is 0 Å². The third-order valence-corrected chi connectivity index (χ3v) is 7.13. The molecule has 0 radical (unpaired) electrons. The van der Waals surface area contributed by atoms with Gasteiger partial charge in [0.1, 0.15) is 0 Å². The fraction of sp³-hybridized carbons (Fsp3) is 1.00. The molecule has 0 spiro atoms. The monoisotopic (exact) mass is 236 g/mol. The van der Waals surface area contributed by atoms with Gasteiger partial charge in [0.25, 0.3) is 0 Å². The van der Waals surface area contributed by atoms with E-state index in [2.05, 4.69) is 20.8 Å². The SMILES string of the molecule is CCCCP(O)(O)(CCCC)CCCC. The zero-order chi connectivity index (χ0) is 11.8. The standard InChI is InChI=1S/C12H29O2P/c1-4-7-10-15(13,14,11-8-5-2)12-9-6-3/h13-14H,4-12H2,1-3H3. The summed E-state index contributed by atoms with van der Waals surface area (Å²) in [4.78, 5) is 21.1. The fourth-order valence-electron chi connectivity index (χ4n) is 1.90. The van der Waals surface area contributed by atoms with Crippen LogP contribution in [-0.2, 0) is 0 Å². The minimum atomic E-state index is -3.28. The Hall–Kier alpha value is 0.350. The number of rotatable bonds is 9. The van der Waals surface area contributed by atoms with E-state index in [0.717, 1.165) is 38.5 Å². The maximum atomic E-state index is 10.6. The zero-order valence-corrected chi connectivity index (χ0v) is 11.6. The van der Waals surface area contributed by atoms with E-state index in [-0.39, 0.29) is 0 Å². The first-order valence-corrected chi connectivity index (χ1v) is 9.17. The molecule has 15 heavy (non-hydrogen) atoms. The van der Waals surface area contributed by atoms with Crippen molar-refractivity contribution < 1.29 is 9.79 Å². The fourth-order valence-corrected chi connectivity index (χ4v) is 5.71. The van der Waals surface area contributed by atoms with Crippen LogP contribution in [0.4, 0.5) is 0 Å². The number of hydrogen-bond donors (Lipinski definition) is 2. The normalized spacial score (nSPS) is 14.9. The van der Waals surface area contributed by atoms with Gasteiger partial charge in [-0.05, 0) is 0 Å². The Labute approximate surface area is 95.2 Å². The zero-order valence-electron chi connectivity index (χ0n) is 10.7. The Bertz CT molecular complexity index is 140. The van der Waals surface area contributed by atoms with Gasteiger partial charge in [-0.3, -0.25) is 0 Å². The second-order valence-electron chi connectivity index (χ2n) is 4.84. The Morgan fingerprint density at radius 2 is 0.933 bits per heavy atom. The van der Waals surface area contributed by atoms with Crippen molar-refractivity contribution in [2.24, 2.45) is 0 Å². The molecule has 0 fully saturated rings. The molecule has 0 unspecified atom stereocenters. The van der Waals surface area contributed by atoms with E-state index in [0.29, 0.717) is 18.5 Å². The first kappa shape index (κ1) is 15.3. The van der Waals surface area contributed by atoms with E-state index in [1.54, 1.807) is 0 Å². The summed E-state index contributed by atoms with van der Waals surface area (Å²) in [5.41, 5.74) is 0.